The lowest BCUT2D eigenvalue weighted by molar-refractivity contribution is -0.136. The summed E-state index contributed by atoms with van der Waals surface area (Å²) in [7, 11) is 0. The Kier molecular flexibility index (Phi) is 3.73. The highest BCUT2D eigenvalue weighted by Crippen LogP contribution is 2.30. The molecule has 0 spiro atoms. The Morgan fingerprint density at radius 3 is 2.65 bits per heavy atom. The molecule has 2 fully saturated rings. The zero-order valence-corrected chi connectivity index (χ0v) is 10.7. The van der Waals surface area contributed by atoms with Gasteiger partial charge in [0.2, 0.25) is 5.91 Å². The Hall–Kier alpha value is -0.610. The van der Waals surface area contributed by atoms with E-state index in [0.717, 1.165) is 32.1 Å². The number of hydrogen-bond donors (Lipinski definition) is 2. The van der Waals surface area contributed by atoms with Crippen LogP contribution < -0.4 is 5.32 Å². The molecular formula is C13H23NO3. The van der Waals surface area contributed by atoms with Crippen molar-refractivity contribution in [2.45, 2.75) is 63.7 Å². The Bertz CT molecular complexity index is 286. The fraction of sp³-hybridized carbons (Fsp3) is 0.923. The van der Waals surface area contributed by atoms with Crippen molar-refractivity contribution < 1.29 is 14.6 Å². The summed E-state index contributed by atoms with van der Waals surface area (Å²) in [4.78, 5) is 11.9. The second-order valence-corrected chi connectivity index (χ2v) is 5.94. The molecule has 2 rings (SSSR count). The van der Waals surface area contributed by atoms with Gasteiger partial charge in [0.05, 0.1) is 5.60 Å². The topological polar surface area (TPSA) is 58.6 Å². The monoisotopic (exact) mass is 241 g/mol. The standard InChI is InChI=1S/C13H23NO3/c1-13(2)8-10(6-7-17-13)14-12(16)11(15)9-4-3-5-9/h9-11,15H,3-8H2,1-2H3,(H,14,16)/t10-,11-/m1/s1. The molecular weight excluding hydrogens is 218 g/mol. The van der Waals surface area contributed by atoms with E-state index < -0.39 is 6.10 Å². The molecule has 1 heterocycles. The zero-order chi connectivity index (χ0) is 12.5. The molecule has 98 valence electrons. The van der Waals surface area contributed by atoms with Gasteiger partial charge in [-0.15, -0.1) is 0 Å². The summed E-state index contributed by atoms with van der Waals surface area (Å²) in [5.74, 6) is -0.0137. The van der Waals surface area contributed by atoms with E-state index in [1.165, 1.54) is 0 Å². The van der Waals surface area contributed by atoms with E-state index in [-0.39, 0.29) is 23.5 Å². The Balaban J connectivity index is 1.81. The van der Waals surface area contributed by atoms with Crippen LogP contribution in [-0.4, -0.2) is 35.4 Å². The first-order valence-electron chi connectivity index (χ1n) is 6.60. The molecule has 1 saturated heterocycles. The molecule has 0 aromatic heterocycles. The number of rotatable bonds is 3. The maximum atomic E-state index is 11.9. The molecule has 0 radical (unpaired) electrons. The van der Waals surface area contributed by atoms with Gasteiger partial charge in [0.25, 0.3) is 0 Å². The first-order valence-corrected chi connectivity index (χ1v) is 6.60. The van der Waals surface area contributed by atoms with Crippen LogP contribution in [-0.2, 0) is 9.53 Å². The van der Waals surface area contributed by atoms with Gasteiger partial charge in [-0.25, -0.2) is 0 Å². The molecule has 2 N–H and O–H groups in total. The molecule has 2 atom stereocenters. The Morgan fingerprint density at radius 1 is 1.41 bits per heavy atom. The number of hydrogen-bond acceptors (Lipinski definition) is 3. The molecule has 1 amide bonds. The van der Waals surface area contributed by atoms with Crippen LogP contribution in [0.2, 0.25) is 0 Å². The molecule has 2 aliphatic rings. The predicted molar refractivity (Wildman–Crippen MR) is 64.5 cm³/mol. The van der Waals surface area contributed by atoms with Crippen molar-refractivity contribution in [3.05, 3.63) is 0 Å². The minimum Gasteiger partial charge on any atom is -0.383 e. The Labute approximate surface area is 103 Å². The van der Waals surface area contributed by atoms with Crippen molar-refractivity contribution in [2.24, 2.45) is 5.92 Å². The van der Waals surface area contributed by atoms with E-state index in [1.54, 1.807) is 0 Å². The van der Waals surface area contributed by atoms with Crippen molar-refractivity contribution in [1.29, 1.82) is 0 Å². The van der Waals surface area contributed by atoms with E-state index in [9.17, 15) is 9.90 Å². The molecule has 0 bridgehead atoms. The minimum atomic E-state index is -0.810. The van der Waals surface area contributed by atoms with Crippen LogP contribution in [0.3, 0.4) is 0 Å². The number of carbonyl (C=O) groups excluding carboxylic acids is 1. The highest BCUT2D eigenvalue weighted by Gasteiger charge is 2.34. The second kappa shape index (κ2) is 4.94. The summed E-state index contributed by atoms with van der Waals surface area (Å²) in [5.41, 5.74) is -0.169. The smallest absolute Gasteiger partial charge is 0.249 e. The second-order valence-electron chi connectivity index (χ2n) is 5.94. The highest BCUT2D eigenvalue weighted by atomic mass is 16.5. The van der Waals surface area contributed by atoms with Crippen LogP contribution in [0.15, 0.2) is 0 Å². The predicted octanol–water partition coefficient (Wildman–Crippen LogP) is 1.22. The zero-order valence-electron chi connectivity index (χ0n) is 10.7. The minimum absolute atomic E-state index is 0.140. The number of aliphatic hydroxyl groups excluding tert-OH is 1. The van der Waals surface area contributed by atoms with Crippen LogP contribution in [0.25, 0.3) is 0 Å². The molecule has 0 aromatic rings. The van der Waals surface area contributed by atoms with Gasteiger partial charge in [0, 0.05) is 12.6 Å². The first kappa shape index (κ1) is 12.8. The van der Waals surface area contributed by atoms with Gasteiger partial charge in [-0.1, -0.05) is 6.42 Å². The van der Waals surface area contributed by atoms with E-state index in [2.05, 4.69) is 5.32 Å². The van der Waals surface area contributed by atoms with Crippen LogP contribution in [0.4, 0.5) is 0 Å². The fourth-order valence-corrected chi connectivity index (χ4v) is 2.61. The van der Waals surface area contributed by atoms with Gasteiger partial charge >= 0.3 is 0 Å². The average molecular weight is 241 g/mol. The number of ether oxygens (including phenoxy) is 1. The normalized spacial score (nSPS) is 30.4. The molecule has 1 aliphatic carbocycles. The van der Waals surface area contributed by atoms with Crippen molar-refractivity contribution in [1.82, 2.24) is 5.32 Å². The van der Waals surface area contributed by atoms with E-state index in [0.29, 0.717) is 6.61 Å². The van der Waals surface area contributed by atoms with Crippen LogP contribution in [0.5, 0.6) is 0 Å². The van der Waals surface area contributed by atoms with Crippen LogP contribution in [0.1, 0.15) is 46.0 Å². The van der Waals surface area contributed by atoms with Crippen LogP contribution in [0, 0.1) is 5.92 Å². The fourth-order valence-electron chi connectivity index (χ4n) is 2.61. The largest absolute Gasteiger partial charge is 0.383 e. The third-order valence-corrected chi connectivity index (χ3v) is 3.91. The van der Waals surface area contributed by atoms with Gasteiger partial charge in [0.1, 0.15) is 6.10 Å². The van der Waals surface area contributed by atoms with Gasteiger partial charge in [0.15, 0.2) is 0 Å². The molecule has 0 unspecified atom stereocenters. The molecule has 17 heavy (non-hydrogen) atoms. The van der Waals surface area contributed by atoms with Gasteiger partial charge < -0.3 is 15.2 Å². The maximum absolute atomic E-state index is 11.9. The lowest BCUT2D eigenvalue weighted by atomic mass is 9.80. The average Bonchev–Trinajstić information content (AvgIpc) is 2.12. The van der Waals surface area contributed by atoms with E-state index in [4.69, 9.17) is 4.74 Å². The van der Waals surface area contributed by atoms with E-state index in [1.807, 2.05) is 13.8 Å². The summed E-state index contributed by atoms with van der Waals surface area (Å²) in [6.45, 7) is 4.75. The van der Waals surface area contributed by atoms with Gasteiger partial charge in [-0.3, -0.25) is 4.79 Å². The number of amides is 1. The molecule has 1 saturated carbocycles. The van der Waals surface area contributed by atoms with Gasteiger partial charge in [-0.05, 0) is 45.4 Å². The lowest BCUT2D eigenvalue weighted by Crippen LogP contribution is -2.50. The first-order chi connectivity index (χ1) is 7.98. The molecule has 4 heteroatoms. The molecule has 4 nitrogen and oxygen atoms in total. The third kappa shape index (κ3) is 3.19. The summed E-state index contributed by atoms with van der Waals surface area (Å²) in [5, 5.41) is 12.8. The molecule has 0 aromatic carbocycles. The summed E-state index contributed by atoms with van der Waals surface area (Å²) >= 11 is 0. The van der Waals surface area contributed by atoms with E-state index >= 15 is 0 Å². The number of nitrogens with one attached hydrogen (secondary N) is 1. The SMILES string of the molecule is CC1(C)C[C@H](NC(=O)[C@H](O)C2CCC2)CCO1. The van der Waals surface area contributed by atoms with Crippen molar-refractivity contribution in [3.8, 4) is 0 Å². The quantitative estimate of drug-likeness (QED) is 0.781. The number of carbonyl (C=O) groups is 1. The van der Waals surface area contributed by atoms with Crippen LogP contribution >= 0.6 is 0 Å². The summed E-state index contributed by atoms with van der Waals surface area (Å²) in [6.07, 6.45) is 3.94. The highest BCUT2D eigenvalue weighted by molar-refractivity contribution is 5.81. The van der Waals surface area contributed by atoms with Gasteiger partial charge in [-0.2, -0.15) is 0 Å². The maximum Gasteiger partial charge on any atom is 0.249 e. The van der Waals surface area contributed by atoms with Crippen molar-refractivity contribution >= 4 is 5.91 Å². The lowest BCUT2D eigenvalue weighted by Gasteiger charge is -2.37. The Morgan fingerprint density at radius 2 is 2.12 bits per heavy atom. The number of aliphatic hydroxyl groups is 1. The summed E-state index contributed by atoms with van der Waals surface area (Å²) < 4.78 is 5.60. The molecule has 1 aliphatic heterocycles. The third-order valence-electron chi connectivity index (χ3n) is 3.91. The van der Waals surface area contributed by atoms with Crippen molar-refractivity contribution in [3.63, 3.8) is 0 Å². The van der Waals surface area contributed by atoms with Crippen molar-refractivity contribution in [2.75, 3.05) is 6.61 Å². The summed E-state index contributed by atoms with van der Waals surface area (Å²) in [6, 6.07) is 0.140.